The van der Waals surface area contributed by atoms with Gasteiger partial charge in [0.2, 0.25) is 5.95 Å². The second kappa shape index (κ2) is 8.52. The first kappa shape index (κ1) is 19.4. The maximum atomic E-state index is 12.6. The summed E-state index contributed by atoms with van der Waals surface area (Å²) in [7, 11) is 1.61. The lowest BCUT2D eigenvalue weighted by atomic mass is 10.1. The number of hydrogen-bond acceptors (Lipinski definition) is 5. The minimum absolute atomic E-state index is 0.263. The zero-order valence-electron chi connectivity index (χ0n) is 16.5. The number of aromatic nitrogens is 2. The van der Waals surface area contributed by atoms with E-state index in [9.17, 15) is 4.79 Å². The number of amides is 1. The molecule has 2 aromatic carbocycles. The number of carbonyl (C=O) groups is 1. The summed E-state index contributed by atoms with van der Waals surface area (Å²) in [6.07, 6.45) is 0. The Morgan fingerprint density at radius 3 is 2.61 bits per heavy atom. The van der Waals surface area contributed by atoms with Gasteiger partial charge in [0, 0.05) is 23.5 Å². The van der Waals surface area contributed by atoms with Crippen LogP contribution in [0.3, 0.4) is 0 Å². The molecule has 0 saturated carbocycles. The molecule has 144 valence electrons. The summed E-state index contributed by atoms with van der Waals surface area (Å²) >= 11 is 0. The second-order valence-corrected chi connectivity index (χ2v) is 6.66. The molecule has 0 aliphatic carbocycles. The molecular formula is C22H24N4O2. The molecule has 2 N–H and O–H groups in total. The highest BCUT2D eigenvalue weighted by atomic mass is 16.5. The van der Waals surface area contributed by atoms with Gasteiger partial charge >= 0.3 is 0 Å². The van der Waals surface area contributed by atoms with Crippen molar-refractivity contribution in [2.45, 2.75) is 27.3 Å². The van der Waals surface area contributed by atoms with Gasteiger partial charge in [0.1, 0.15) is 11.4 Å². The third-order valence-electron chi connectivity index (χ3n) is 4.36. The zero-order chi connectivity index (χ0) is 20.1. The smallest absolute Gasteiger partial charge is 0.270 e. The van der Waals surface area contributed by atoms with E-state index >= 15 is 0 Å². The van der Waals surface area contributed by atoms with Crippen molar-refractivity contribution in [2.24, 2.45) is 0 Å². The molecule has 0 aliphatic heterocycles. The molecule has 0 spiro atoms. The van der Waals surface area contributed by atoms with Crippen LogP contribution in [0.15, 0.2) is 48.5 Å². The molecular weight excluding hydrogens is 352 g/mol. The Hall–Kier alpha value is -3.41. The highest BCUT2D eigenvalue weighted by molar-refractivity contribution is 5.92. The second-order valence-electron chi connectivity index (χ2n) is 6.66. The van der Waals surface area contributed by atoms with Crippen LogP contribution in [0.2, 0.25) is 0 Å². The van der Waals surface area contributed by atoms with Gasteiger partial charge < -0.3 is 15.4 Å². The Balaban J connectivity index is 1.77. The van der Waals surface area contributed by atoms with Gasteiger partial charge in [-0.1, -0.05) is 30.3 Å². The maximum Gasteiger partial charge on any atom is 0.270 e. The van der Waals surface area contributed by atoms with E-state index in [1.165, 1.54) is 0 Å². The number of ether oxygens (including phenoxy) is 1. The average molecular weight is 376 g/mol. The van der Waals surface area contributed by atoms with Crippen LogP contribution in [-0.4, -0.2) is 23.0 Å². The van der Waals surface area contributed by atoms with Gasteiger partial charge in [0.25, 0.3) is 5.91 Å². The molecule has 1 aromatic heterocycles. The van der Waals surface area contributed by atoms with E-state index in [2.05, 4.69) is 20.6 Å². The SMILES string of the molecule is COc1ccccc1CNC(=O)c1cc(C)nc(Nc2cc(C)ccc2C)n1. The van der Waals surface area contributed by atoms with Crippen molar-refractivity contribution in [3.05, 3.63) is 76.6 Å². The van der Waals surface area contributed by atoms with E-state index in [1.54, 1.807) is 13.2 Å². The van der Waals surface area contributed by atoms with Crippen molar-refractivity contribution in [2.75, 3.05) is 12.4 Å². The quantitative estimate of drug-likeness (QED) is 0.678. The van der Waals surface area contributed by atoms with E-state index in [0.29, 0.717) is 23.9 Å². The molecule has 0 radical (unpaired) electrons. The van der Waals surface area contributed by atoms with Gasteiger partial charge in [-0.3, -0.25) is 4.79 Å². The number of carbonyl (C=O) groups excluding carboxylic acids is 1. The topological polar surface area (TPSA) is 76.1 Å². The summed E-state index contributed by atoms with van der Waals surface area (Å²) < 4.78 is 5.32. The monoisotopic (exact) mass is 376 g/mol. The van der Waals surface area contributed by atoms with Crippen molar-refractivity contribution in [3.8, 4) is 5.75 Å². The first-order valence-electron chi connectivity index (χ1n) is 9.06. The summed E-state index contributed by atoms with van der Waals surface area (Å²) in [5.74, 6) is 0.871. The van der Waals surface area contributed by atoms with Crippen LogP contribution in [0.25, 0.3) is 0 Å². The first-order chi connectivity index (χ1) is 13.5. The predicted molar refractivity (Wildman–Crippen MR) is 110 cm³/mol. The minimum atomic E-state index is -0.263. The van der Waals surface area contributed by atoms with Crippen LogP contribution in [0.1, 0.15) is 32.9 Å². The van der Waals surface area contributed by atoms with Crippen LogP contribution in [0, 0.1) is 20.8 Å². The molecule has 3 rings (SSSR count). The normalized spacial score (nSPS) is 10.4. The van der Waals surface area contributed by atoms with Gasteiger partial charge in [-0.15, -0.1) is 0 Å². The van der Waals surface area contributed by atoms with Crippen molar-refractivity contribution in [3.63, 3.8) is 0 Å². The molecule has 0 fully saturated rings. The molecule has 0 saturated heterocycles. The zero-order valence-corrected chi connectivity index (χ0v) is 16.5. The lowest BCUT2D eigenvalue weighted by molar-refractivity contribution is 0.0945. The van der Waals surface area contributed by atoms with Crippen LogP contribution >= 0.6 is 0 Å². The molecule has 0 aliphatic rings. The number of aryl methyl sites for hydroxylation is 3. The fourth-order valence-corrected chi connectivity index (χ4v) is 2.85. The third kappa shape index (κ3) is 4.65. The Morgan fingerprint density at radius 1 is 1.04 bits per heavy atom. The fraction of sp³-hybridized carbons (Fsp3) is 0.227. The van der Waals surface area contributed by atoms with Gasteiger partial charge in [-0.2, -0.15) is 0 Å². The summed E-state index contributed by atoms with van der Waals surface area (Å²) in [5, 5.41) is 6.11. The fourth-order valence-electron chi connectivity index (χ4n) is 2.85. The van der Waals surface area contributed by atoms with Crippen LogP contribution in [0.4, 0.5) is 11.6 Å². The molecule has 6 heteroatoms. The predicted octanol–water partition coefficient (Wildman–Crippen LogP) is 4.08. The molecule has 1 amide bonds. The van der Waals surface area contributed by atoms with E-state index in [-0.39, 0.29) is 5.91 Å². The number of rotatable bonds is 6. The number of nitrogens with zero attached hydrogens (tertiary/aromatic N) is 2. The van der Waals surface area contributed by atoms with E-state index in [1.807, 2.05) is 63.2 Å². The highest BCUT2D eigenvalue weighted by Crippen LogP contribution is 2.20. The van der Waals surface area contributed by atoms with Crippen LogP contribution in [0.5, 0.6) is 5.75 Å². The molecule has 0 atom stereocenters. The number of benzene rings is 2. The number of anilines is 2. The minimum Gasteiger partial charge on any atom is -0.496 e. The van der Waals surface area contributed by atoms with Crippen molar-refractivity contribution < 1.29 is 9.53 Å². The molecule has 28 heavy (non-hydrogen) atoms. The average Bonchev–Trinajstić information content (AvgIpc) is 2.68. The Labute approximate surface area is 165 Å². The summed E-state index contributed by atoms with van der Waals surface area (Å²) in [6, 6.07) is 15.4. The Bertz CT molecular complexity index is 1000. The van der Waals surface area contributed by atoms with Gasteiger partial charge in [0.15, 0.2) is 0 Å². The Kier molecular flexibility index (Phi) is 5.89. The first-order valence-corrected chi connectivity index (χ1v) is 9.06. The summed E-state index contributed by atoms with van der Waals surface area (Å²) in [6.45, 7) is 6.23. The molecule has 3 aromatic rings. The number of para-hydroxylation sites is 1. The van der Waals surface area contributed by atoms with E-state index in [4.69, 9.17) is 4.74 Å². The summed E-state index contributed by atoms with van der Waals surface area (Å²) in [4.78, 5) is 21.4. The van der Waals surface area contributed by atoms with Crippen molar-refractivity contribution in [1.29, 1.82) is 0 Å². The number of methoxy groups -OCH3 is 1. The molecule has 0 unspecified atom stereocenters. The number of nitrogens with one attached hydrogen (secondary N) is 2. The largest absolute Gasteiger partial charge is 0.496 e. The molecule has 1 heterocycles. The highest BCUT2D eigenvalue weighted by Gasteiger charge is 2.12. The van der Waals surface area contributed by atoms with Gasteiger partial charge in [-0.05, 0) is 50.1 Å². The van der Waals surface area contributed by atoms with Gasteiger partial charge in [0.05, 0.1) is 7.11 Å². The summed E-state index contributed by atoms with van der Waals surface area (Å²) in [5.41, 5.74) is 5.07. The lowest BCUT2D eigenvalue weighted by Gasteiger charge is -2.12. The van der Waals surface area contributed by atoms with Crippen molar-refractivity contribution in [1.82, 2.24) is 15.3 Å². The van der Waals surface area contributed by atoms with Crippen LogP contribution in [-0.2, 0) is 6.54 Å². The maximum absolute atomic E-state index is 12.6. The van der Waals surface area contributed by atoms with Gasteiger partial charge in [-0.25, -0.2) is 9.97 Å². The molecule has 6 nitrogen and oxygen atoms in total. The number of hydrogen-bond donors (Lipinski definition) is 2. The van der Waals surface area contributed by atoms with E-state index in [0.717, 1.165) is 28.1 Å². The molecule has 0 bridgehead atoms. The standard InChI is InChI=1S/C22H24N4O2/c1-14-9-10-15(2)18(11-14)25-22-24-16(3)12-19(26-22)21(27)23-13-17-7-5-6-8-20(17)28-4/h5-12H,13H2,1-4H3,(H,23,27)(H,24,25,26). The van der Waals surface area contributed by atoms with Crippen molar-refractivity contribution >= 4 is 17.5 Å². The van der Waals surface area contributed by atoms with Crippen LogP contribution < -0.4 is 15.4 Å². The van der Waals surface area contributed by atoms with E-state index < -0.39 is 0 Å². The lowest BCUT2D eigenvalue weighted by Crippen LogP contribution is -2.24. The Morgan fingerprint density at radius 2 is 1.82 bits per heavy atom. The third-order valence-corrected chi connectivity index (χ3v) is 4.36.